The number of nitrogens with two attached hydrogens (primary N) is 1. The van der Waals surface area contributed by atoms with Crippen molar-refractivity contribution >= 4 is 34.6 Å². The molecule has 0 saturated carbocycles. The van der Waals surface area contributed by atoms with E-state index in [1.54, 1.807) is 18.2 Å². The Bertz CT molecular complexity index is 698. The fourth-order valence-corrected chi connectivity index (χ4v) is 2.19. The van der Waals surface area contributed by atoms with Gasteiger partial charge in [0.1, 0.15) is 0 Å². The van der Waals surface area contributed by atoms with Gasteiger partial charge in [-0.15, -0.1) is 0 Å². The number of para-hydroxylation sites is 1. The van der Waals surface area contributed by atoms with Crippen LogP contribution in [0.4, 0.5) is 11.4 Å². The zero-order chi connectivity index (χ0) is 15.4. The minimum atomic E-state index is -0.493. The minimum Gasteiger partial charge on any atom is -0.366 e. The predicted molar refractivity (Wildman–Crippen MR) is 90.7 cm³/mol. The first-order chi connectivity index (χ1) is 9.99. The molecule has 0 aromatic heterocycles. The third kappa shape index (κ3) is 3.58. The Kier molecular flexibility index (Phi) is 4.55. The van der Waals surface area contributed by atoms with E-state index in [1.165, 1.54) is 5.56 Å². The number of benzene rings is 2. The van der Waals surface area contributed by atoms with Crippen LogP contribution in [0.2, 0.25) is 0 Å². The number of rotatable bonds is 3. The third-order valence-corrected chi connectivity index (χ3v) is 3.50. The summed E-state index contributed by atoms with van der Waals surface area (Å²) in [5.41, 5.74) is 9.58. The van der Waals surface area contributed by atoms with Crippen LogP contribution < -0.4 is 16.4 Å². The molecule has 0 aliphatic rings. The number of anilines is 2. The highest BCUT2D eigenvalue weighted by molar-refractivity contribution is 7.80. The molecule has 0 aliphatic heterocycles. The van der Waals surface area contributed by atoms with E-state index < -0.39 is 5.91 Å². The van der Waals surface area contributed by atoms with Crippen molar-refractivity contribution < 1.29 is 4.79 Å². The Balaban J connectivity index is 2.16. The molecule has 4 N–H and O–H groups in total. The van der Waals surface area contributed by atoms with Gasteiger partial charge in [-0.25, -0.2) is 0 Å². The molecule has 0 bridgehead atoms. The highest BCUT2D eigenvalue weighted by Gasteiger charge is 2.09. The van der Waals surface area contributed by atoms with Gasteiger partial charge in [0.15, 0.2) is 5.11 Å². The smallest absolute Gasteiger partial charge is 0.250 e. The predicted octanol–water partition coefficient (Wildman–Crippen LogP) is 3.21. The fraction of sp³-hybridized carbons (Fsp3) is 0.125. The Morgan fingerprint density at radius 3 is 2.33 bits per heavy atom. The molecule has 1 amide bonds. The second-order valence-electron chi connectivity index (χ2n) is 4.74. The standard InChI is InChI=1S/C16H17N3OS/c1-10-6-5-9-13(11(10)2)18-16(21)19-14-8-4-3-7-12(14)15(17)20/h3-9H,1-2H3,(H2,17,20)(H2,18,19,21). The maximum absolute atomic E-state index is 11.4. The summed E-state index contributed by atoms with van der Waals surface area (Å²) in [5, 5.41) is 6.55. The normalized spacial score (nSPS) is 10.0. The summed E-state index contributed by atoms with van der Waals surface area (Å²) in [6.45, 7) is 4.07. The summed E-state index contributed by atoms with van der Waals surface area (Å²) in [7, 11) is 0. The molecule has 0 fully saturated rings. The molecular weight excluding hydrogens is 282 g/mol. The molecule has 0 spiro atoms. The van der Waals surface area contributed by atoms with Crippen LogP contribution >= 0.6 is 12.2 Å². The first-order valence-corrected chi connectivity index (χ1v) is 6.93. The number of nitrogens with one attached hydrogen (secondary N) is 2. The monoisotopic (exact) mass is 299 g/mol. The first-order valence-electron chi connectivity index (χ1n) is 6.52. The lowest BCUT2D eigenvalue weighted by Gasteiger charge is -2.15. The summed E-state index contributed by atoms with van der Waals surface area (Å²) >= 11 is 5.29. The molecule has 0 saturated heterocycles. The number of primary amides is 1. The summed E-state index contributed by atoms with van der Waals surface area (Å²) in [5.74, 6) is -0.493. The van der Waals surface area contributed by atoms with E-state index in [1.807, 2.05) is 38.1 Å². The average Bonchev–Trinajstić information content (AvgIpc) is 2.44. The zero-order valence-corrected chi connectivity index (χ0v) is 12.8. The number of carbonyl (C=O) groups is 1. The molecular formula is C16H17N3OS. The van der Waals surface area contributed by atoms with Crippen molar-refractivity contribution in [1.82, 2.24) is 0 Å². The molecule has 0 radical (unpaired) electrons. The maximum atomic E-state index is 11.4. The van der Waals surface area contributed by atoms with Crippen molar-refractivity contribution in [2.45, 2.75) is 13.8 Å². The summed E-state index contributed by atoms with van der Waals surface area (Å²) < 4.78 is 0. The Labute approximate surface area is 129 Å². The summed E-state index contributed by atoms with van der Waals surface area (Å²) in [6, 6.07) is 12.9. The number of hydrogen-bond acceptors (Lipinski definition) is 2. The quantitative estimate of drug-likeness (QED) is 0.761. The topological polar surface area (TPSA) is 67.2 Å². The van der Waals surface area contributed by atoms with Gasteiger partial charge in [0.05, 0.1) is 11.3 Å². The van der Waals surface area contributed by atoms with Gasteiger partial charge in [0.25, 0.3) is 5.91 Å². The van der Waals surface area contributed by atoms with Gasteiger partial charge in [-0.3, -0.25) is 4.79 Å². The largest absolute Gasteiger partial charge is 0.366 e. The van der Waals surface area contributed by atoms with Crippen molar-refractivity contribution in [2.24, 2.45) is 5.73 Å². The van der Waals surface area contributed by atoms with Crippen LogP contribution in [-0.2, 0) is 0 Å². The number of thiocarbonyl (C=S) groups is 1. The van der Waals surface area contributed by atoms with Crippen molar-refractivity contribution in [1.29, 1.82) is 0 Å². The summed E-state index contributed by atoms with van der Waals surface area (Å²) in [4.78, 5) is 11.4. The minimum absolute atomic E-state index is 0.405. The van der Waals surface area contributed by atoms with Gasteiger partial charge in [-0.2, -0.15) is 0 Å². The van der Waals surface area contributed by atoms with Gasteiger partial charge in [-0.1, -0.05) is 24.3 Å². The molecule has 0 unspecified atom stereocenters. The van der Waals surface area contributed by atoms with Crippen molar-refractivity contribution in [3.05, 3.63) is 59.2 Å². The van der Waals surface area contributed by atoms with Crippen LogP contribution in [0.15, 0.2) is 42.5 Å². The van der Waals surface area contributed by atoms with E-state index in [9.17, 15) is 4.79 Å². The molecule has 2 rings (SSSR count). The molecule has 4 nitrogen and oxygen atoms in total. The van der Waals surface area contributed by atoms with Crippen LogP contribution in [0.1, 0.15) is 21.5 Å². The van der Waals surface area contributed by atoms with E-state index in [0.29, 0.717) is 16.4 Å². The van der Waals surface area contributed by atoms with E-state index >= 15 is 0 Å². The van der Waals surface area contributed by atoms with Crippen LogP contribution in [0.25, 0.3) is 0 Å². The second kappa shape index (κ2) is 6.37. The SMILES string of the molecule is Cc1cccc(NC(=S)Nc2ccccc2C(N)=O)c1C. The fourth-order valence-electron chi connectivity index (χ4n) is 1.97. The van der Waals surface area contributed by atoms with E-state index in [-0.39, 0.29) is 0 Å². The highest BCUT2D eigenvalue weighted by atomic mass is 32.1. The first kappa shape index (κ1) is 15.0. The molecule has 21 heavy (non-hydrogen) atoms. The van der Waals surface area contributed by atoms with E-state index in [2.05, 4.69) is 10.6 Å². The molecule has 0 atom stereocenters. The molecule has 0 heterocycles. The number of hydrogen-bond donors (Lipinski definition) is 3. The second-order valence-corrected chi connectivity index (χ2v) is 5.14. The van der Waals surface area contributed by atoms with Crippen LogP contribution in [-0.4, -0.2) is 11.0 Å². The van der Waals surface area contributed by atoms with Gasteiger partial charge in [0, 0.05) is 5.69 Å². The number of amides is 1. The Morgan fingerprint density at radius 1 is 1.00 bits per heavy atom. The Hall–Kier alpha value is -2.40. The number of carbonyl (C=O) groups excluding carboxylic acids is 1. The van der Waals surface area contributed by atoms with Crippen LogP contribution in [0.5, 0.6) is 0 Å². The molecule has 108 valence electrons. The lowest BCUT2D eigenvalue weighted by atomic mass is 10.1. The zero-order valence-electron chi connectivity index (χ0n) is 11.9. The van der Waals surface area contributed by atoms with Crippen molar-refractivity contribution in [3.63, 3.8) is 0 Å². The van der Waals surface area contributed by atoms with Gasteiger partial charge >= 0.3 is 0 Å². The highest BCUT2D eigenvalue weighted by Crippen LogP contribution is 2.19. The van der Waals surface area contributed by atoms with Gasteiger partial charge in [-0.05, 0) is 55.4 Å². The van der Waals surface area contributed by atoms with Crippen LogP contribution in [0, 0.1) is 13.8 Å². The van der Waals surface area contributed by atoms with Crippen molar-refractivity contribution in [3.8, 4) is 0 Å². The van der Waals surface area contributed by atoms with Crippen LogP contribution in [0.3, 0.4) is 0 Å². The van der Waals surface area contributed by atoms with Gasteiger partial charge in [0.2, 0.25) is 0 Å². The van der Waals surface area contributed by atoms with Crippen molar-refractivity contribution in [2.75, 3.05) is 10.6 Å². The van der Waals surface area contributed by atoms with E-state index in [4.69, 9.17) is 18.0 Å². The lowest BCUT2D eigenvalue weighted by Crippen LogP contribution is -2.22. The molecule has 5 heteroatoms. The van der Waals surface area contributed by atoms with E-state index in [0.717, 1.165) is 11.3 Å². The average molecular weight is 299 g/mol. The molecule has 0 aliphatic carbocycles. The van der Waals surface area contributed by atoms with Gasteiger partial charge < -0.3 is 16.4 Å². The lowest BCUT2D eigenvalue weighted by molar-refractivity contribution is 0.100. The maximum Gasteiger partial charge on any atom is 0.250 e. The molecule has 2 aromatic rings. The molecule has 2 aromatic carbocycles. The Morgan fingerprint density at radius 2 is 1.62 bits per heavy atom. The summed E-state index contributed by atoms with van der Waals surface area (Å²) in [6.07, 6.45) is 0. The number of aryl methyl sites for hydroxylation is 1. The third-order valence-electron chi connectivity index (χ3n) is 3.29.